The number of amides is 1. The Morgan fingerprint density at radius 2 is 2.00 bits per heavy atom. The van der Waals surface area contributed by atoms with Gasteiger partial charge >= 0.3 is 0 Å². The Balaban J connectivity index is 1.71. The first-order valence-electron chi connectivity index (χ1n) is 7.62. The highest BCUT2D eigenvalue weighted by Crippen LogP contribution is 2.12. The number of carbonyl (C=O) groups is 1. The van der Waals surface area contributed by atoms with Gasteiger partial charge in [-0.1, -0.05) is 23.7 Å². The summed E-state index contributed by atoms with van der Waals surface area (Å²) < 4.78 is 5.27. The molecule has 5 nitrogen and oxygen atoms in total. The van der Waals surface area contributed by atoms with E-state index in [1.54, 1.807) is 0 Å². The van der Waals surface area contributed by atoms with E-state index >= 15 is 0 Å². The first-order valence-corrected chi connectivity index (χ1v) is 8.00. The Morgan fingerprint density at radius 1 is 1.23 bits per heavy atom. The molecule has 2 rings (SSSR count). The molecule has 0 bridgehead atoms. The van der Waals surface area contributed by atoms with Crippen LogP contribution in [0.4, 0.5) is 0 Å². The van der Waals surface area contributed by atoms with E-state index in [1.165, 1.54) is 0 Å². The Labute approximate surface area is 136 Å². The van der Waals surface area contributed by atoms with E-state index < -0.39 is 0 Å². The van der Waals surface area contributed by atoms with E-state index in [0.717, 1.165) is 38.3 Å². The number of hydrogen-bond donors (Lipinski definition) is 1. The highest BCUT2D eigenvalue weighted by molar-refractivity contribution is 6.30. The maximum absolute atomic E-state index is 12.3. The van der Waals surface area contributed by atoms with Crippen LogP contribution in [-0.4, -0.2) is 73.4 Å². The van der Waals surface area contributed by atoms with Crippen molar-refractivity contribution in [1.29, 1.82) is 0 Å². The topological polar surface area (TPSA) is 53.0 Å². The molecule has 0 spiro atoms. The number of halogens is 1. The summed E-state index contributed by atoms with van der Waals surface area (Å²) in [5, 5.41) is 9.31. The van der Waals surface area contributed by atoms with Gasteiger partial charge < -0.3 is 14.7 Å². The number of aliphatic hydroxyl groups is 1. The standard InChI is InChI=1S/C16H23ClN2O3/c17-15-3-1-2-14(12-15)13-16(21)19-6-4-18(5-7-19)8-10-22-11-9-20/h1-3,12,20H,4-11,13H2. The Morgan fingerprint density at radius 3 is 2.68 bits per heavy atom. The fraction of sp³-hybridized carbons (Fsp3) is 0.562. The lowest BCUT2D eigenvalue weighted by Gasteiger charge is -2.34. The van der Waals surface area contributed by atoms with Crippen LogP contribution in [0.1, 0.15) is 5.56 Å². The van der Waals surface area contributed by atoms with Crippen LogP contribution < -0.4 is 0 Å². The summed E-state index contributed by atoms with van der Waals surface area (Å²) in [6.45, 7) is 5.14. The molecule has 0 unspecified atom stereocenters. The van der Waals surface area contributed by atoms with Crippen molar-refractivity contribution in [3.63, 3.8) is 0 Å². The van der Waals surface area contributed by atoms with E-state index in [2.05, 4.69) is 4.90 Å². The lowest BCUT2D eigenvalue weighted by Crippen LogP contribution is -2.49. The van der Waals surface area contributed by atoms with Crippen LogP contribution in [-0.2, 0) is 16.0 Å². The fourth-order valence-electron chi connectivity index (χ4n) is 2.51. The monoisotopic (exact) mass is 326 g/mol. The predicted octanol–water partition coefficient (Wildman–Crippen LogP) is 1.04. The highest BCUT2D eigenvalue weighted by Gasteiger charge is 2.20. The Hall–Kier alpha value is -1.14. The van der Waals surface area contributed by atoms with Gasteiger partial charge in [0, 0.05) is 37.7 Å². The molecule has 1 saturated heterocycles. The van der Waals surface area contributed by atoms with Crippen molar-refractivity contribution in [3.8, 4) is 0 Å². The zero-order chi connectivity index (χ0) is 15.8. The zero-order valence-corrected chi connectivity index (χ0v) is 13.5. The fourth-order valence-corrected chi connectivity index (χ4v) is 2.73. The van der Waals surface area contributed by atoms with Gasteiger partial charge in [-0.05, 0) is 17.7 Å². The molecule has 1 fully saturated rings. The third-order valence-electron chi connectivity index (χ3n) is 3.76. The van der Waals surface area contributed by atoms with Crippen LogP contribution in [0.5, 0.6) is 0 Å². The Bertz CT molecular complexity index is 476. The van der Waals surface area contributed by atoms with Crippen molar-refractivity contribution in [3.05, 3.63) is 34.9 Å². The van der Waals surface area contributed by atoms with Gasteiger partial charge in [0.2, 0.25) is 5.91 Å². The minimum Gasteiger partial charge on any atom is -0.394 e. The quantitative estimate of drug-likeness (QED) is 0.761. The zero-order valence-electron chi connectivity index (χ0n) is 12.7. The van der Waals surface area contributed by atoms with E-state index in [0.29, 0.717) is 24.7 Å². The van der Waals surface area contributed by atoms with Crippen molar-refractivity contribution in [2.45, 2.75) is 6.42 Å². The molecule has 1 heterocycles. The summed E-state index contributed by atoms with van der Waals surface area (Å²) >= 11 is 5.95. The van der Waals surface area contributed by atoms with Gasteiger partial charge in [0.05, 0.1) is 26.2 Å². The summed E-state index contributed by atoms with van der Waals surface area (Å²) in [5.41, 5.74) is 0.956. The number of benzene rings is 1. The summed E-state index contributed by atoms with van der Waals surface area (Å²) in [5.74, 6) is 0.151. The van der Waals surface area contributed by atoms with Gasteiger partial charge in [-0.15, -0.1) is 0 Å². The number of rotatable bonds is 7. The van der Waals surface area contributed by atoms with Gasteiger partial charge in [0.15, 0.2) is 0 Å². The molecule has 0 aromatic heterocycles. The first kappa shape index (κ1) is 17.2. The average molecular weight is 327 g/mol. The maximum Gasteiger partial charge on any atom is 0.227 e. The van der Waals surface area contributed by atoms with Crippen LogP contribution in [0, 0.1) is 0 Å². The molecule has 0 radical (unpaired) electrons. The van der Waals surface area contributed by atoms with E-state index in [1.807, 2.05) is 29.2 Å². The van der Waals surface area contributed by atoms with Crippen molar-refractivity contribution in [2.75, 3.05) is 52.5 Å². The highest BCUT2D eigenvalue weighted by atomic mass is 35.5. The van der Waals surface area contributed by atoms with Crippen LogP contribution in [0.2, 0.25) is 5.02 Å². The molecular weight excluding hydrogens is 304 g/mol. The Kier molecular flexibility index (Phi) is 7.12. The SMILES string of the molecule is O=C(Cc1cccc(Cl)c1)N1CCN(CCOCCO)CC1. The molecule has 6 heteroatoms. The van der Waals surface area contributed by atoms with Gasteiger partial charge in [-0.25, -0.2) is 0 Å². The number of hydrogen-bond acceptors (Lipinski definition) is 4. The molecule has 122 valence electrons. The summed E-state index contributed by atoms with van der Waals surface area (Å²) in [4.78, 5) is 16.5. The molecule has 1 N–H and O–H groups in total. The van der Waals surface area contributed by atoms with Gasteiger partial charge in [0.25, 0.3) is 0 Å². The summed E-state index contributed by atoms with van der Waals surface area (Å²) in [7, 11) is 0. The normalized spacial score (nSPS) is 16.0. The van der Waals surface area contributed by atoms with Crippen LogP contribution in [0.25, 0.3) is 0 Å². The van der Waals surface area contributed by atoms with E-state index in [-0.39, 0.29) is 12.5 Å². The van der Waals surface area contributed by atoms with Crippen LogP contribution in [0.3, 0.4) is 0 Å². The molecule has 1 amide bonds. The van der Waals surface area contributed by atoms with Crippen LogP contribution in [0.15, 0.2) is 24.3 Å². The number of piperazine rings is 1. The second kappa shape index (κ2) is 9.10. The van der Waals surface area contributed by atoms with Crippen molar-refractivity contribution in [2.24, 2.45) is 0 Å². The molecular formula is C16H23ClN2O3. The minimum atomic E-state index is 0.0613. The van der Waals surface area contributed by atoms with Gasteiger partial charge in [0.1, 0.15) is 0 Å². The third kappa shape index (κ3) is 5.57. The van der Waals surface area contributed by atoms with E-state index in [9.17, 15) is 4.79 Å². The van der Waals surface area contributed by atoms with Gasteiger partial charge in [-0.2, -0.15) is 0 Å². The molecule has 0 atom stereocenters. The largest absolute Gasteiger partial charge is 0.394 e. The number of carbonyl (C=O) groups excluding carboxylic acids is 1. The van der Waals surface area contributed by atoms with Crippen LogP contribution >= 0.6 is 11.6 Å². The van der Waals surface area contributed by atoms with Crippen molar-refractivity contribution < 1.29 is 14.6 Å². The second-order valence-electron chi connectivity index (χ2n) is 5.37. The summed E-state index contributed by atoms with van der Waals surface area (Å²) in [6.07, 6.45) is 0.403. The summed E-state index contributed by atoms with van der Waals surface area (Å²) in [6, 6.07) is 7.45. The minimum absolute atomic E-state index is 0.0613. The molecule has 1 aliphatic heterocycles. The number of nitrogens with zero attached hydrogens (tertiary/aromatic N) is 2. The molecule has 22 heavy (non-hydrogen) atoms. The third-order valence-corrected chi connectivity index (χ3v) is 3.99. The van der Waals surface area contributed by atoms with Gasteiger partial charge in [-0.3, -0.25) is 9.69 Å². The van der Waals surface area contributed by atoms with E-state index in [4.69, 9.17) is 21.4 Å². The van der Waals surface area contributed by atoms with Crippen molar-refractivity contribution in [1.82, 2.24) is 9.80 Å². The second-order valence-corrected chi connectivity index (χ2v) is 5.80. The number of aliphatic hydroxyl groups excluding tert-OH is 1. The predicted molar refractivity (Wildman–Crippen MR) is 86.1 cm³/mol. The first-order chi connectivity index (χ1) is 10.7. The average Bonchev–Trinajstić information content (AvgIpc) is 2.52. The number of ether oxygens (including phenoxy) is 1. The lowest BCUT2D eigenvalue weighted by atomic mass is 10.1. The smallest absolute Gasteiger partial charge is 0.227 e. The molecule has 0 saturated carbocycles. The maximum atomic E-state index is 12.3. The molecule has 1 aromatic carbocycles. The molecule has 1 aromatic rings. The van der Waals surface area contributed by atoms with Crippen molar-refractivity contribution >= 4 is 17.5 Å². The molecule has 1 aliphatic rings. The lowest BCUT2D eigenvalue weighted by molar-refractivity contribution is -0.132. The molecule has 0 aliphatic carbocycles.